The maximum absolute atomic E-state index is 6.03. The first-order valence-electron chi connectivity index (χ1n) is 5.10. The summed E-state index contributed by atoms with van der Waals surface area (Å²) < 4.78 is 2.75. The van der Waals surface area contributed by atoms with Gasteiger partial charge in [-0.25, -0.2) is 0 Å². The van der Waals surface area contributed by atoms with Crippen molar-refractivity contribution in [2.45, 2.75) is 6.04 Å². The number of hydrogen-bond acceptors (Lipinski definition) is 3. The molecule has 1 unspecified atom stereocenters. The van der Waals surface area contributed by atoms with Crippen LogP contribution in [0.5, 0.6) is 0 Å². The number of rotatable bonds is 3. The van der Waals surface area contributed by atoms with E-state index in [1.807, 2.05) is 32.3 Å². The topological polar surface area (TPSA) is 42.7 Å². The van der Waals surface area contributed by atoms with Crippen LogP contribution < -0.4 is 5.32 Å². The summed E-state index contributed by atoms with van der Waals surface area (Å²) in [6.45, 7) is 0. The van der Waals surface area contributed by atoms with Crippen LogP contribution in [0.1, 0.15) is 17.3 Å². The summed E-state index contributed by atoms with van der Waals surface area (Å²) in [6, 6.07) is 5.72. The monoisotopic (exact) mass is 314 g/mol. The van der Waals surface area contributed by atoms with Gasteiger partial charge < -0.3 is 5.32 Å². The third kappa shape index (κ3) is 2.51. The third-order valence-corrected chi connectivity index (χ3v) is 3.56. The van der Waals surface area contributed by atoms with Gasteiger partial charge in [0.15, 0.2) is 0 Å². The molecular formula is C11H12BrClN4. The SMILES string of the molecule is CNC(c1cc(Cl)ccc1Br)c1cnnn1C. The van der Waals surface area contributed by atoms with Crippen LogP contribution in [-0.2, 0) is 7.05 Å². The van der Waals surface area contributed by atoms with Crippen molar-refractivity contribution in [3.05, 3.63) is 45.1 Å². The normalized spacial score (nSPS) is 12.7. The molecule has 0 spiro atoms. The third-order valence-electron chi connectivity index (χ3n) is 2.60. The molecule has 6 heteroatoms. The first-order chi connectivity index (χ1) is 8.13. The quantitative estimate of drug-likeness (QED) is 0.946. The standard InChI is InChI=1S/C11H12BrClN4/c1-14-11(10-6-15-16-17(10)2)8-5-7(13)3-4-9(8)12/h3-6,11,14H,1-2H3. The van der Waals surface area contributed by atoms with E-state index in [0.717, 1.165) is 15.7 Å². The average molecular weight is 316 g/mol. The van der Waals surface area contributed by atoms with Gasteiger partial charge in [-0.05, 0) is 30.8 Å². The Labute approximate surface area is 113 Å². The maximum Gasteiger partial charge on any atom is 0.0799 e. The molecule has 0 amide bonds. The first kappa shape index (κ1) is 12.5. The number of nitrogens with one attached hydrogen (secondary N) is 1. The fourth-order valence-corrected chi connectivity index (χ4v) is 2.41. The molecule has 0 radical (unpaired) electrons. The lowest BCUT2D eigenvalue weighted by atomic mass is 10.0. The number of aromatic nitrogens is 3. The highest BCUT2D eigenvalue weighted by Crippen LogP contribution is 2.30. The van der Waals surface area contributed by atoms with Gasteiger partial charge in [-0.1, -0.05) is 32.7 Å². The fourth-order valence-electron chi connectivity index (χ4n) is 1.76. The zero-order valence-electron chi connectivity index (χ0n) is 9.48. The Balaban J connectivity index is 2.49. The van der Waals surface area contributed by atoms with Gasteiger partial charge in [0.2, 0.25) is 0 Å². The van der Waals surface area contributed by atoms with Gasteiger partial charge in [0, 0.05) is 16.5 Å². The van der Waals surface area contributed by atoms with Crippen molar-refractivity contribution in [2.24, 2.45) is 7.05 Å². The molecule has 2 aromatic rings. The van der Waals surface area contributed by atoms with Crippen LogP contribution in [0.3, 0.4) is 0 Å². The highest BCUT2D eigenvalue weighted by Gasteiger charge is 2.18. The van der Waals surface area contributed by atoms with E-state index in [-0.39, 0.29) is 6.04 Å². The molecule has 0 saturated carbocycles. The maximum atomic E-state index is 6.03. The van der Waals surface area contributed by atoms with Crippen molar-refractivity contribution in [3.8, 4) is 0 Å². The number of aryl methyl sites for hydroxylation is 1. The summed E-state index contributed by atoms with van der Waals surface area (Å²) in [5.41, 5.74) is 2.04. The molecule has 1 aromatic carbocycles. The van der Waals surface area contributed by atoms with Gasteiger partial charge in [0.25, 0.3) is 0 Å². The minimum Gasteiger partial charge on any atom is -0.308 e. The molecule has 90 valence electrons. The minimum atomic E-state index is 0.00285. The van der Waals surface area contributed by atoms with Crippen LogP contribution in [0.2, 0.25) is 5.02 Å². The van der Waals surface area contributed by atoms with Crippen LogP contribution in [0.25, 0.3) is 0 Å². The van der Waals surface area contributed by atoms with Gasteiger partial charge in [-0.15, -0.1) is 5.10 Å². The predicted octanol–water partition coefficient (Wildman–Crippen LogP) is 2.54. The Kier molecular flexibility index (Phi) is 3.81. The van der Waals surface area contributed by atoms with Crippen LogP contribution in [0.15, 0.2) is 28.9 Å². The first-order valence-corrected chi connectivity index (χ1v) is 6.27. The smallest absolute Gasteiger partial charge is 0.0799 e. The number of halogens is 2. The molecule has 17 heavy (non-hydrogen) atoms. The Morgan fingerprint density at radius 2 is 2.24 bits per heavy atom. The lowest BCUT2D eigenvalue weighted by Crippen LogP contribution is -2.21. The van der Waals surface area contributed by atoms with E-state index in [0.29, 0.717) is 5.02 Å². The second-order valence-corrected chi connectivity index (χ2v) is 4.96. The molecule has 0 bridgehead atoms. The molecule has 1 atom stereocenters. The molecular weight excluding hydrogens is 304 g/mol. The Hall–Kier alpha value is -0.910. The van der Waals surface area contributed by atoms with Crippen molar-refractivity contribution in [2.75, 3.05) is 7.05 Å². The van der Waals surface area contributed by atoms with E-state index in [2.05, 4.69) is 31.6 Å². The minimum absolute atomic E-state index is 0.00285. The largest absolute Gasteiger partial charge is 0.308 e. The van der Waals surface area contributed by atoms with Crippen LogP contribution >= 0.6 is 27.5 Å². The molecule has 4 nitrogen and oxygen atoms in total. The zero-order chi connectivity index (χ0) is 12.4. The second-order valence-electron chi connectivity index (χ2n) is 3.67. The molecule has 1 aromatic heterocycles. The summed E-state index contributed by atoms with van der Waals surface area (Å²) in [5.74, 6) is 0. The van der Waals surface area contributed by atoms with Gasteiger partial charge in [-0.2, -0.15) is 0 Å². The van der Waals surface area contributed by atoms with Crippen molar-refractivity contribution >= 4 is 27.5 Å². The highest BCUT2D eigenvalue weighted by molar-refractivity contribution is 9.10. The lowest BCUT2D eigenvalue weighted by Gasteiger charge is -2.18. The van der Waals surface area contributed by atoms with Crippen LogP contribution in [0, 0.1) is 0 Å². The van der Waals surface area contributed by atoms with E-state index >= 15 is 0 Å². The van der Waals surface area contributed by atoms with Gasteiger partial charge >= 0.3 is 0 Å². The van der Waals surface area contributed by atoms with Crippen molar-refractivity contribution < 1.29 is 0 Å². The number of nitrogens with zero attached hydrogens (tertiary/aromatic N) is 3. The Morgan fingerprint density at radius 3 is 2.82 bits per heavy atom. The van der Waals surface area contributed by atoms with Gasteiger partial charge in [0.05, 0.1) is 17.9 Å². The second kappa shape index (κ2) is 5.16. The number of benzene rings is 1. The average Bonchev–Trinajstić information content (AvgIpc) is 2.71. The Morgan fingerprint density at radius 1 is 1.47 bits per heavy atom. The summed E-state index contributed by atoms with van der Waals surface area (Å²) in [7, 11) is 3.76. The fraction of sp³-hybridized carbons (Fsp3) is 0.273. The predicted molar refractivity (Wildman–Crippen MR) is 71.1 cm³/mol. The van der Waals surface area contributed by atoms with E-state index in [4.69, 9.17) is 11.6 Å². The summed E-state index contributed by atoms with van der Waals surface area (Å²) in [6.07, 6.45) is 1.74. The highest BCUT2D eigenvalue weighted by atomic mass is 79.9. The summed E-state index contributed by atoms with van der Waals surface area (Å²) in [4.78, 5) is 0. The van der Waals surface area contributed by atoms with Crippen LogP contribution in [-0.4, -0.2) is 22.0 Å². The molecule has 1 heterocycles. The van der Waals surface area contributed by atoms with E-state index < -0.39 is 0 Å². The zero-order valence-corrected chi connectivity index (χ0v) is 11.8. The van der Waals surface area contributed by atoms with Gasteiger partial charge in [-0.3, -0.25) is 4.68 Å². The molecule has 2 rings (SSSR count). The van der Waals surface area contributed by atoms with Gasteiger partial charge in [0.1, 0.15) is 0 Å². The van der Waals surface area contributed by atoms with Crippen molar-refractivity contribution in [1.29, 1.82) is 0 Å². The summed E-state index contributed by atoms with van der Waals surface area (Å²) >= 11 is 9.57. The number of hydrogen-bond donors (Lipinski definition) is 1. The Bertz CT molecular complexity index is 526. The summed E-state index contributed by atoms with van der Waals surface area (Å²) in [5, 5.41) is 11.8. The molecule has 0 aliphatic carbocycles. The molecule has 0 fully saturated rings. The molecule has 0 aliphatic heterocycles. The van der Waals surface area contributed by atoms with E-state index in [1.165, 1.54) is 0 Å². The van der Waals surface area contributed by atoms with E-state index in [1.54, 1.807) is 10.9 Å². The lowest BCUT2D eigenvalue weighted by molar-refractivity contribution is 0.596. The molecule has 0 aliphatic rings. The van der Waals surface area contributed by atoms with Crippen LogP contribution in [0.4, 0.5) is 0 Å². The van der Waals surface area contributed by atoms with Crippen molar-refractivity contribution in [3.63, 3.8) is 0 Å². The molecule has 1 N–H and O–H groups in total. The van der Waals surface area contributed by atoms with E-state index in [9.17, 15) is 0 Å². The van der Waals surface area contributed by atoms with Crippen molar-refractivity contribution in [1.82, 2.24) is 20.3 Å². The molecule has 0 saturated heterocycles.